The Balaban J connectivity index is 1.61. The monoisotopic (exact) mass is 424 g/mol. The Morgan fingerprint density at radius 2 is 2.16 bits per heavy atom. The minimum absolute atomic E-state index is 0.169. The lowest BCUT2D eigenvalue weighted by atomic mass is 10.2. The first kappa shape index (κ1) is 17.6. The zero-order chi connectivity index (χ0) is 18.0. The average molecular weight is 426 g/mol. The number of carbonyl (C=O) groups is 2. The van der Waals surface area contributed by atoms with Gasteiger partial charge in [-0.15, -0.1) is 0 Å². The fourth-order valence-corrected chi connectivity index (χ4v) is 3.02. The largest absolute Gasteiger partial charge is 0.483 e. The van der Waals surface area contributed by atoms with Crippen LogP contribution in [-0.2, 0) is 9.59 Å². The number of carbonyl (C=O) groups excluding carboxylic acids is 2. The van der Waals surface area contributed by atoms with Gasteiger partial charge in [0.05, 0.1) is 10.2 Å². The number of halogens is 2. The van der Waals surface area contributed by atoms with E-state index in [0.717, 1.165) is 0 Å². The van der Waals surface area contributed by atoms with Crippen molar-refractivity contribution in [3.05, 3.63) is 45.9 Å². The van der Waals surface area contributed by atoms with Crippen LogP contribution < -0.4 is 20.1 Å². The lowest BCUT2D eigenvalue weighted by Crippen LogP contribution is -2.34. The number of benzene rings is 2. The van der Waals surface area contributed by atoms with Crippen molar-refractivity contribution < 1.29 is 19.1 Å². The predicted molar refractivity (Wildman–Crippen MR) is 98.4 cm³/mol. The molecule has 2 aromatic rings. The van der Waals surface area contributed by atoms with E-state index in [1.54, 1.807) is 43.3 Å². The fraction of sp³-hybridized carbons (Fsp3) is 0.176. The smallest absolute Gasteiger partial charge is 0.265 e. The van der Waals surface area contributed by atoms with Crippen molar-refractivity contribution in [1.82, 2.24) is 0 Å². The maximum absolute atomic E-state index is 12.1. The number of amides is 2. The van der Waals surface area contributed by atoms with Crippen LogP contribution in [0, 0.1) is 0 Å². The molecule has 0 unspecified atom stereocenters. The van der Waals surface area contributed by atoms with Gasteiger partial charge in [-0.05, 0) is 59.3 Å². The number of nitrogens with one attached hydrogen (secondary N) is 2. The molecule has 0 saturated heterocycles. The van der Waals surface area contributed by atoms with Crippen molar-refractivity contribution in [3.63, 3.8) is 0 Å². The molecule has 130 valence electrons. The van der Waals surface area contributed by atoms with Crippen LogP contribution in [0.25, 0.3) is 0 Å². The molecule has 0 radical (unpaired) electrons. The highest BCUT2D eigenvalue weighted by molar-refractivity contribution is 9.10. The van der Waals surface area contributed by atoms with Gasteiger partial charge in [-0.25, -0.2) is 0 Å². The maximum Gasteiger partial charge on any atom is 0.265 e. The van der Waals surface area contributed by atoms with E-state index >= 15 is 0 Å². The molecule has 1 aliphatic rings. The molecule has 6 nitrogen and oxygen atoms in total. The summed E-state index contributed by atoms with van der Waals surface area (Å²) in [6, 6.07) is 10.0. The van der Waals surface area contributed by atoms with Crippen LogP contribution in [0.1, 0.15) is 6.92 Å². The minimum Gasteiger partial charge on any atom is -0.483 e. The maximum atomic E-state index is 12.1. The first-order valence-corrected chi connectivity index (χ1v) is 8.59. The second-order valence-electron chi connectivity index (χ2n) is 5.37. The lowest BCUT2D eigenvalue weighted by Gasteiger charge is -2.23. The zero-order valence-corrected chi connectivity index (χ0v) is 15.5. The van der Waals surface area contributed by atoms with E-state index in [1.165, 1.54) is 0 Å². The lowest BCUT2D eigenvalue weighted by molar-refractivity contribution is -0.122. The van der Waals surface area contributed by atoms with Crippen LogP contribution in [0.4, 0.5) is 11.4 Å². The Morgan fingerprint density at radius 3 is 2.92 bits per heavy atom. The van der Waals surface area contributed by atoms with Crippen LogP contribution in [0.2, 0.25) is 5.02 Å². The van der Waals surface area contributed by atoms with Crippen molar-refractivity contribution in [2.45, 2.75) is 13.0 Å². The number of rotatable bonds is 4. The summed E-state index contributed by atoms with van der Waals surface area (Å²) in [4.78, 5) is 23.7. The van der Waals surface area contributed by atoms with Crippen LogP contribution in [-0.4, -0.2) is 24.5 Å². The van der Waals surface area contributed by atoms with Gasteiger partial charge in [0, 0.05) is 10.7 Å². The Labute approximate surface area is 157 Å². The van der Waals surface area contributed by atoms with Crippen molar-refractivity contribution >= 4 is 50.7 Å². The van der Waals surface area contributed by atoms with Gasteiger partial charge in [-0.1, -0.05) is 11.6 Å². The highest BCUT2D eigenvalue weighted by Gasteiger charge is 2.23. The van der Waals surface area contributed by atoms with E-state index in [-0.39, 0.29) is 18.4 Å². The SMILES string of the molecule is C[C@@H]1Oc2ccc(NC(=O)COc3ccc(Cl)cc3Br)cc2NC1=O. The van der Waals surface area contributed by atoms with Crippen molar-refractivity contribution in [3.8, 4) is 11.5 Å². The number of hydrogen-bond donors (Lipinski definition) is 2. The van der Waals surface area contributed by atoms with Gasteiger partial charge in [0.15, 0.2) is 12.7 Å². The van der Waals surface area contributed by atoms with Crippen molar-refractivity contribution in [2.75, 3.05) is 17.2 Å². The average Bonchev–Trinajstić information content (AvgIpc) is 2.55. The number of ether oxygens (including phenoxy) is 2. The van der Waals surface area contributed by atoms with Crippen LogP contribution in [0.5, 0.6) is 11.5 Å². The van der Waals surface area contributed by atoms with E-state index in [2.05, 4.69) is 26.6 Å². The Morgan fingerprint density at radius 1 is 1.36 bits per heavy atom. The molecule has 2 aromatic carbocycles. The van der Waals surface area contributed by atoms with Gasteiger partial charge in [0.2, 0.25) is 0 Å². The predicted octanol–water partition coefficient (Wildman–Crippen LogP) is 3.84. The van der Waals surface area contributed by atoms with Crippen molar-refractivity contribution in [1.29, 1.82) is 0 Å². The van der Waals surface area contributed by atoms with Gasteiger partial charge in [0.1, 0.15) is 11.5 Å². The normalized spacial score (nSPS) is 15.6. The van der Waals surface area contributed by atoms with E-state index in [1.807, 2.05) is 0 Å². The first-order chi connectivity index (χ1) is 11.9. The summed E-state index contributed by atoms with van der Waals surface area (Å²) in [6.45, 7) is 1.50. The topological polar surface area (TPSA) is 76.7 Å². The summed E-state index contributed by atoms with van der Waals surface area (Å²) in [7, 11) is 0. The molecule has 2 N–H and O–H groups in total. The molecule has 3 rings (SSSR count). The summed E-state index contributed by atoms with van der Waals surface area (Å²) < 4.78 is 11.6. The van der Waals surface area contributed by atoms with Crippen molar-refractivity contribution in [2.24, 2.45) is 0 Å². The zero-order valence-electron chi connectivity index (χ0n) is 13.1. The number of hydrogen-bond acceptors (Lipinski definition) is 4. The molecule has 0 aromatic heterocycles. The molecular formula is C17H14BrClN2O4. The van der Waals surface area contributed by atoms with Gasteiger partial charge >= 0.3 is 0 Å². The molecule has 2 amide bonds. The van der Waals surface area contributed by atoms with E-state index < -0.39 is 6.10 Å². The molecule has 25 heavy (non-hydrogen) atoms. The number of anilines is 2. The molecular weight excluding hydrogens is 412 g/mol. The Kier molecular flexibility index (Phi) is 5.15. The molecule has 0 saturated carbocycles. The molecule has 0 bridgehead atoms. The van der Waals surface area contributed by atoms with Gasteiger partial charge in [-0.3, -0.25) is 9.59 Å². The third-order valence-electron chi connectivity index (χ3n) is 3.45. The van der Waals surface area contributed by atoms with Gasteiger partial charge < -0.3 is 20.1 Å². The highest BCUT2D eigenvalue weighted by Crippen LogP contribution is 2.32. The Bertz CT molecular complexity index is 843. The minimum atomic E-state index is -0.542. The molecule has 0 spiro atoms. The Hall–Kier alpha value is -2.25. The summed E-state index contributed by atoms with van der Waals surface area (Å²) in [5.41, 5.74) is 1.04. The molecule has 0 fully saturated rings. The summed E-state index contributed by atoms with van der Waals surface area (Å²) in [5.74, 6) is 0.510. The van der Waals surface area contributed by atoms with E-state index in [4.69, 9.17) is 21.1 Å². The first-order valence-electron chi connectivity index (χ1n) is 7.41. The van der Waals surface area contributed by atoms with E-state index in [9.17, 15) is 9.59 Å². The molecule has 1 aliphatic heterocycles. The third kappa shape index (κ3) is 4.24. The highest BCUT2D eigenvalue weighted by atomic mass is 79.9. The second kappa shape index (κ2) is 7.33. The quantitative estimate of drug-likeness (QED) is 0.780. The van der Waals surface area contributed by atoms with E-state index in [0.29, 0.717) is 32.4 Å². The molecule has 8 heteroatoms. The molecule has 1 atom stereocenters. The fourth-order valence-electron chi connectivity index (χ4n) is 2.22. The standard InChI is InChI=1S/C17H14BrClN2O4/c1-9-17(23)21-13-7-11(3-5-15(13)25-9)20-16(22)8-24-14-4-2-10(19)6-12(14)18/h2-7,9H,8H2,1H3,(H,20,22)(H,21,23)/t9-/m0/s1. The van der Waals surface area contributed by atoms with Crippen LogP contribution >= 0.6 is 27.5 Å². The summed E-state index contributed by atoms with van der Waals surface area (Å²) >= 11 is 9.18. The molecule has 0 aliphatic carbocycles. The summed E-state index contributed by atoms with van der Waals surface area (Å²) in [5, 5.41) is 6.00. The number of fused-ring (bicyclic) bond motifs is 1. The summed E-state index contributed by atoms with van der Waals surface area (Å²) in [6.07, 6.45) is -0.542. The van der Waals surface area contributed by atoms with Gasteiger partial charge in [0.25, 0.3) is 11.8 Å². The second-order valence-corrected chi connectivity index (χ2v) is 6.66. The molecule has 1 heterocycles. The van der Waals surface area contributed by atoms with Gasteiger partial charge in [-0.2, -0.15) is 0 Å². The van der Waals surface area contributed by atoms with Crippen LogP contribution in [0.15, 0.2) is 40.9 Å². The third-order valence-corrected chi connectivity index (χ3v) is 4.30. The van der Waals surface area contributed by atoms with Crippen LogP contribution in [0.3, 0.4) is 0 Å².